The summed E-state index contributed by atoms with van der Waals surface area (Å²) >= 11 is 3.30. The van der Waals surface area contributed by atoms with Crippen molar-refractivity contribution < 1.29 is 28.6 Å². The Labute approximate surface area is 175 Å². The van der Waals surface area contributed by atoms with E-state index >= 15 is 0 Å². The molecule has 1 saturated heterocycles. The Kier molecular flexibility index (Phi) is 5.88. The quantitative estimate of drug-likeness (QED) is 0.543. The molecule has 1 N–H and O–H groups in total. The number of imide groups is 2. The maximum absolute atomic E-state index is 13.0. The van der Waals surface area contributed by atoms with Crippen LogP contribution in [0.2, 0.25) is 0 Å². The summed E-state index contributed by atoms with van der Waals surface area (Å²) < 4.78 is 16.7. The van der Waals surface area contributed by atoms with Crippen molar-refractivity contribution in [1.29, 1.82) is 0 Å². The van der Waals surface area contributed by atoms with Crippen LogP contribution in [-0.2, 0) is 9.59 Å². The molecule has 4 amide bonds. The zero-order valence-electron chi connectivity index (χ0n) is 15.8. The van der Waals surface area contributed by atoms with Gasteiger partial charge in [0.25, 0.3) is 11.8 Å². The van der Waals surface area contributed by atoms with Crippen LogP contribution in [0.1, 0.15) is 5.56 Å². The van der Waals surface area contributed by atoms with E-state index in [1.807, 2.05) is 0 Å². The highest BCUT2D eigenvalue weighted by atomic mass is 79.9. The molecular formula is C20H17BrN2O6. The maximum Gasteiger partial charge on any atom is 0.335 e. The Morgan fingerprint density at radius 3 is 2.14 bits per heavy atom. The molecule has 0 atom stereocenters. The molecule has 1 aliphatic rings. The SMILES string of the molecule is COc1ccc(/C=C2\C(=O)NC(=O)N(c3ccc(Br)cc3)C2=O)c(OC)c1OC. The molecule has 1 heterocycles. The number of rotatable bonds is 5. The fourth-order valence-electron chi connectivity index (χ4n) is 2.88. The van der Waals surface area contributed by atoms with Gasteiger partial charge >= 0.3 is 6.03 Å². The third-order valence-corrected chi connectivity index (χ3v) is 4.75. The number of urea groups is 1. The standard InChI is InChI=1S/C20H17BrN2O6/c1-27-15-9-4-11(16(28-2)17(15)29-3)10-14-18(24)22-20(26)23(19(14)25)13-7-5-12(21)6-8-13/h4-10H,1-3H3,(H,22,24,26)/b14-10+. The van der Waals surface area contributed by atoms with Crippen LogP contribution in [0.15, 0.2) is 46.4 Å². The molecule has 29 heavy (non-hydrogen) atoms. The van der Waals surface area contributed by atoms with Crippen molar-refractivity contribution in [3.05, 3.63) is 52.0 Å². The average molecular weight is 461 g/mol. The lowest BCUT2D eigenvalue weighted by molar-refractivity contribution is -0.122. The van der Waals surface area contributed by atoms with Gasteiger partial charge in [0, 0.05) is 10.0 Å². The molecule has 0 bridgehead atoms. The molecule has 2 aromatic carbocycles. The second-order valence-corrected chi connectivity index (χ2v) is 6.77. The van der Waals surface area contributed by atoms with Gasteiger partial charge in [-0.2, -0.15) is 0 Å². The van der Waals surface area contributed by atoms with Crippen LogP contribution in [0.5, 0.6) is 17.2 Å². The first-order valence-corrected chi connectivity index (χ1v) is 9.16. The van der Waals surface area contributed by atoms with Gasteiger partial charge in [-0.15, -0.1) is 0 Å². The van der Waals surface area contributed by atoms with Gasteiger partial charge < -0.3 is 14.2 Å². The summed E-state index contributed by atoms with van der Waals surface area (Å²) in [6.07, 6.45) is 1.34. The van der Waals surface area contributed by atoms with E-state index in [1.165, 1.54) is 27.4 Å². The maximum atomic E-state index is 13.0. The lowest BCUT2D eigenvalue weighted by atomic mass is 10.1. The molecule has 150 valence electrons. The number of hydrogen-bond donors (Lipinski definition) is 1. The molecule has 8 nitrogen and oxygen atoms in total. The van der Waals surface area contributed by atoms with Gasteiger partial charge in [0.2, 0.25) is 5.75 Å². The van der Waals surface area contributed by atoms with Crippen molar-refractivity contribution in [3.63, 3.8) is 0 Å². The second kappa shape index (κ2) is 8.36. The molecule has 2 aromatic rings. The third kappa shape index (κ3) is 3.81. The lowest BCUT2D eigenvalue weighted by Crippen LogP contribution is -2.54. The normalized spacial score (nSPS) is 15.4. The van der Waals surface area contributed by atoms with E-state index in [0.717, 1.165) is 9.37 Å². The highest BCUT2D eigenvalue weighted by Gasteiger charge is 2.37. The fraction of sp³-hybridized carbons (Fsp3) is 0.150. The molecule has 0 spiro atoms. The first-order valence-electron chi connectivity index (χ1n) is 8.37. The molecule has 0 saturated carbocycles. The number of anilines is 1. The largest absolute Gasteiger partial charge is 0.493 e. The number of amides is 4. The highest BCUT2D eigenvalue weighted by molar-refractivity contribution is 9.10. The highest BCUT2D eigenvalue weighted by Crippen LogP contribution is 2.40. The third-order valence-electron chi connectivity index (χ3n) is 4.22. The number of methoxy groups -OCH3 is 3. The summed E-state index contributed by atoms with van der Waals surface area (Å²) in [6, 6.07) is 8.97. The number of ether oxygens (including phenoxy) is 3. The van der Waals surface area contributed by atoms with Crippen molar-refractivity contribution >= 4 is 45.5 Å². The van der Waals surface area contributed by atoms with Gasteiger partial charge in [0.15, 0.2) is 11.5 Å². The van der Waals surface area contributed by atoms with Crippen LogP contribution in [0.4, 0.5) is 10.5 Å². The zero-order chi connectivity index (χ0) is 21.1. The van der Waals surface area contributed by atoms with Crippen molar-refractivity contribution in [2.75, 3.05) is 26.2 Å². The van der Waals surface area contributed by atoms with Gasteiger partial charge in [-0.3, -0.25) is 14.9 Å². The monoisotopic (exact) mass is 460 g/mol. The van der Waals surface area contributed by atoms with Gasteiger partial charge in [0.1, 0.15) is 5.57 Å². The molecule has 1 aliphatic heterocycles. The van der Waals surface area contributed by atoms with Gasteiger partial charge in [-0.25, -0.2) is 9.69 Å². The predicted octanol–water partition coefficient (Wildman–Crippen LogP) is 3.14. The minimum atomic E-state index is -0.821. The summed E-state index contributed by atoms with van der Waals surface area (Å²) in [5, 5.41) is 2.18. The number of halogens is 1. The van der Waals surface area contributed by atoms with Gasteiger partial charge in [0.05, 0.1) is 27.0 Å². The number of benzene rings is 2. The molecule has 3 rings (SSSR count). The van der Waals surface area contributed by atoms with Crippen LogP contribution in [0, 0.1) is 0 Å². The number of carbonyl (C=O) groups excluding carboxylic acids is 3. The molecule has 0 aromatic heterocycles. The topological polar surface area (TPSA) is 94.2 Å². The number of nitrogens with zero attached hydrogens (tertiary/aromatic N) is 1. The van der Waals surface area contributed by atoms with Crippen molar-refractivity contribution in [3.8, 4) is 17.2 Å². The van der Waals surface area contributed by atoms with Crippen LogP contribution >= 0.6 is 15.9 Å². The van der Waals surface area contributed by atoms with E-state index in [0.29, 0.717) is 22.7 Å². The average Bonchev–Trinajstić information content (AvgIpc) is 2.71. The Morgan fingerprint density at radius 1 is 0.897 bits per heavy atom. The zero-order valence-corrected chi connectivity index (χ0v) is 17.4. The Balaban J connectivity index is 2.08. The smallest absolute Gasteiger partial charge is 0.335 e. The Bertz CT molecular complexity index is 1020. The first kappa shape index (κ1) is 20.4. The van der Waals surface area contributed by atoms with Gasteiger partial charge in [-0.05, 0) is 42.5 Å². The molecular weight excluding hydrogens is 444 g/mol. The molecule has 0 aliphatic carbocycles. The predicted molar refractivity (Wildman–Crippen MR) is 109 cm³/mol. The van der Waals surface area contributed by atoms with E-state index in [2.05, 4.69) is 21.2 Å². The summed E-state index contributed by atoms with van der Waals surface area (Å²) in [5.41, 5.74) is 0.514. The van der Waals surface area contributed by atoms with Gasteiger partial charge in [-0.1, -0.05) is 15.9 Å². The van der Waals surface area contributed by atoms with Crippen LogP contribution < -0.4 is 24.4 Å². The molecule has 0 unspecified atom stereocenters. The summed E-state index contributed by atoms with van der Waals surface area (Å²) in [7, 11) is 4.36. The number of hydrogen-bond acceptors (Lipinski definition) is 6. The first-order chi connectivity index (χ1) is 13.9. The minimum Gasteiger partial charge on any atom is -0.493 e. The second-order valence-electron chi connectivity index (χ2n) is 5.86. The number of carbonyl (C=O) groups is 3. The van der Waals surface area contributed by atoms with Crippen LogP contribution in [-0.4, -0.2) is 39.2 Å². The molecule has 0 radical (unpaired) electrons. The van der Waals surface area contributed by atoms with E-state index < -0.39 is 17.8 Å². The summed E-state index contributed by atoms with van der Waals surface area (Å²) in [5.74, 6) is -0.526. The number of nitrogens with one attached hydrogen (secondary N) is 1. The minimum absolute atomic E-state index is 0.224. The molecule has 9 heteroatoms. The Morgan fingerprint density at radius 2 is 1.55 bits per heavy atom. The van der Waals surface area contributed by atoms with Crippen LogP contribution in [0.3, 0.4) is 0 Å². The Hall–Kier alpha value is -3.33. The lowest BCUT2D eigenvalue weighted by Gasteiger charge is -2.26. The summed E-state index contributed by atoms with van der Waals surface area (Å²) in [4.78, 5) is 38.5. The van der Waals surface area contributed by atoms with E-state index in [4.69, 9.17) is 14.2 Å². The molecule has 1 fully saturated rings. The van der Waals surface area contributed by atoms with E-state index in [1.54, 1.807) is 36.4 Å². The van der Waals surface area contributed by atoms with E-state index in [-0.39, 0.29) is 11.3 Å². The van der Waals surface area contributed by atoms with Crippen LogP contribution in [0.25, 0.3) is 6.08 Å². The summed E-state index contributed by atoms with van der Waals surface area (Å²) in [6.45, 7) is 0. The van der Waals surface area contributed by atoms with Crippen molar-refractivity contribution in [2.45, 2.75) is 0 Å². The fourth-order valence-corrected chi connectivity index (χ4v) is 3.14. The number of barbiturate groups is 1. The van der Waals surface area contributed by atoms with Crippen molar-refractivity contribution in [1.82, 2.24) is 5.32 Å². The van der Waals surface area contributed by atoms with E-state index in [9.17, 15) is 14.4 Å². The van der Waals surface area contributed by atoms with Crippen molar-refractivity contribution in [2.24, 2.45) is 0 Å².